The fourth-order valence-electron chi connectivity index (χ4n) is 2.87. The molecule has 2 nitrogen and oxygen atoms in total. The van der Waals surface area contributed by atoms with E-state index in [1.54, 1.807) is 0 Å². The minimum atomic E-state index is -0.301. The van der Waals surface area contributed by atoms with Gasteiger partial charge in [-0.25, -0.2) is 0 Å². The third-order valence-electron chi connectivity index (χ3n) is 4.10. The molecular formula is C13H26O2. The van der Waals surface area contributed by atoms with Crippen molar-refractivity contribution in [3.05, 3.63) is 0 Å². The molecule has 0 bridgehead atoms. The van der Waals surface area contributed by atoms with Gasteiger partial charge in [-0.15, -0.1) is 0 Å². The Bertz CT molecular complexity index is 179. The average Bonchev–Trinajstić information content (AvgIpc) is 2.20. The van der Waals surface area contributed by atoms with E-state index in [2.05, 4.69) is 13.8 Å². The van der Waals surface area contributed by atoms with E-state index < -0.39 is 0 Å². The van der Waals surface area contributed by atoms with Gasteiger partial charge in [-0.05, 0) is 43.9 Å². The van der Waals surface area contributed by atoms with Crippen LogP contribution in [-0.4, -0.2) is 22.4 Å². The molecule has 0 radical (unpaired) electrons. The van der Waals surface area contributed by atoms with Gasteiger partial charge in [0.25, 0.3) is 0 Å². The Balaban J connectivity index is 2.53. The first-order valence-electron chi connectivity index (χ1n) is 6.42. The molecule has 0 spiro atoms. The van der Waals surface area contributed by atoms with Gasteiger partial charge in [0.05, 0.1) is 12.2 Å². The predicted octanol–water partition coefficient (Wildman–Crippen LogP) is 2.58. The molecule has 2 heteroatoms. The van der Waals surface area contributed by atoms with Gasteiger partial charge in [0.2, 0.25) is 0 Å². The Morgan fingerprint density at radius 3 is 2.47 bits per heavy atom. The summed E-state index contributed by atoms with van der Waals surface area (Å²) in [5.74, 6) is 1.29. The van der Waals surface area contributed by atoms with Gasteiger partial charge in [0.1, 0.15) is 0 Å². The van der Waals surface area contributed by atoms with Crippen LogP contribution in [0.2, 0.25) is 0 Å². The average molecular weight is 214 g/mol. The summed E-state index contributed by atoms with van der Waals surface area (Å²) in [7, 11) is 0. The van der Waals surface area contributed by atoms with E-state index in [4.69, 9.17) is 0 Å². The predicted molar refractivity (Wildman–Crippen MR) is 62.6 cm³/mol. The highest BCUT2D eigenvalue weighted by Gasteiger charge is 2.33. The van der Waals surface area contributed by atoms with Crippen LogP contribution < -0.4 is 0 Å². The second-order valence-electron chi connectivity index (χ2n) is 5.30. The van der Waals surface area contributed by atoms with Crippen molar-refractivity contribution in [3.63, 3.8) is 0 Å². The minimum absolute atomic E-state index is 0.192. The largest absolute Gasteiger partial charge is 0.393 e. The molecule has 0 aromatic carbocycles. The molecule has 0 aliphatic heterocycles. The standard InChI is InChI=1S/C13H26O2/c1-4-5-11-6-7-13(15)12(8-11)9(2)10(3)14/h9-15H,4-8H2,1-3H3. The molecule has 0 heterocycles. The van der Waals surface area contributed by atoms with Gasteiger partial charge in [0, 0.05) is 0 Å². The first-order valence-corrected chi connectivity index (χ1v) is 6.42. The molecule has 0 aromatic rings. The Morgan fingerprint density at radius 2 is 1.93 bits per heavy atom. The Labute approximate surface area is 93.7 Å². The Morgan fingerprint density at radius 1 is 1.27 bits per heavy atom. The van der Waals surface area contributed by atoms with Crippen LogP contribution in [0.3, 0.4) is 0 Å². The monoisotopic (exact) mass is 214 g/mol. The highest BCUT2D eigenvalue weighted by molar-refractivity contribution is 4.84. The van der Waals surface area contributed by atoms with E-state index >= 15 is 0 Å². The SMILES string of the molecule is CCCC1CCC(O)C(C(C)C(C)O)C1. The quantitative estimate of drug-likeness (QED) is 0.755. The first kappa shape index (κ1) is 13.0. The normalized spacial score (nSPS) is 36.2. The van der Waals surface area contributed by atoms with E-state index in [0.29, 0.717) is 5.92 Å². The zero-order valence-electron chi connectivity index (χ0n) is 10.3. The lowest BCUT2D eigenvalue weighted by molar-refractivity contribution is -0.0173. The van der Waals surface area contributed by atoms with Crippen molar-refractivity contribution < 1.29 is 10.2 Å². The molecule has 1 rings (SSSR count). The molecule has 5 unspecified atom stereocenters. The van der Waals surface area contributed by atoms with Crippen molar-refractivity contribution in [2.75, 3.05) is 0 Å². The van der Waals surface area contributed by atoms with Crippen LogP contribution in [0.5, 0.6) is 0 Å². The van der Waals surface area contributed by atoms with Crippen LogP contribution in [0.25, 0.3) is 0 Å². The molecule has 0 aromatic heterocycles. The zero-order chi connectivity index (χ0) is 11.4. The number of hydrogen-bond donors (Lipinski definition) is 2. The number of hydrogen-bond acceptors (Lipinski definition) is 2. The van der Waals surface area contributed by atoms with E-state index in [-0.39, 0.29) is 18.1 Å². The molecule has 0 saturated heterocycles. The third kappa shape index (κ3) is 3.46. The molecule has 15 heavy (non-hydrogen) atoms. The van der Waals surface area contributed by atoms with Crippen molar-refractivity contribution in [1.82, 2.24) is 0 Å². The molecular weight excluding hydrogens is 188 g/mol. The number of aliphatic hydroxyl groups is 2. The summed E-state index contributed by atoms with van der Waals surface area (Å²) in [5, 5.41) is 19.6. The van der Waals surface area contributed by atoms with Crippen LogP contribution in [0.15, 0.2) is 0 Å². The van der Waals surface area contributed by atoms with Gasteiger partial charge in [-0.1, -0.05) is 26.7 Å². The lowest BCUT2D eigenvalue weighted by Gasteiger charge is -2.38. The topological polar surface area (TPSA) is 40.5 Å². The molecule has 1 fully saturated rings. The lowest BCUT2D eigenvalue weighted by Crippen LogP contribution is -2.37. The summed E-state index contributed by atoms with van der Waals surface area (Å²) < 4.78 is 0. The molecule has 2 N–H and O–H groups in total. The van der Waals surface area contributed by atoms with Gasteiger partial charge >= 0.3 is 0 Å². The maximum absolute atomic E-state index is 9.96. The van der Waals surface area contributed by atoms with E-state index in [1.165, 1.54) is 12.8 Å². The zero-order valence-corrected chi connectivity index (χ0v) is 10.3. The van der Waals surface area contributed by atoms with Crippen LogP contribution >= 0.6 is 0 Å². The highest BCUT2D eigenvalue weighted by atomic mass is 16.3. The van der Waals surface area contributed by atoms with Gasteiger partial charge in [-0.2, -0.15) is 0 Å². The Hall–Kier alpha value is -0.0800. The number of aliphatic hydroxyl groups excluding tert-OH is 2. The van der Waals surface area contributed by atoms with Gasteiger partial charge < -0.3 is 10.2 Å². The minimum Gasteiger partial charge on any atom is -0.393 e. The molecule has 1 saturated carbocycles. The van der Waals surface area contributed by atoms with Crippen LogP contribution in [-0.2, 0) is 0 Å². The van der Waals surface area contributed by atoms with Crippen molar-refractivity contribution in [1.29, 1.82) is 0 Å². The van der Waals surface area contributed by atoms with Crippen molar-refractivity contribution in [3.8, 4) is 0 Å². The summed E-state index contributed by atoms with van der Waals surface area (Å²) in [4.78, 5) is 0. The lowest BCUT2D eigenvalue weighted by atomic mass is 9.71. The maximum atomic E-state index is 9.96. The molecule has 1 aliphatic carbocycles. The van der Waals surface area contributed by atoms with Crippen LogP contribution in [0, 0.1) is 17.8 Å². The van der Waals surface area contributed by atoms with Gasteiger partial charge in [-0.3, -0.25) is 0 Å². The van der Waals surface area contributed by atoms with E-state index in [1.807, 2.05) is 6.92 Å². The van der Waals surface area contributed by atoms with E-state index in [0.717, 1.165) is 25.2 Å². The molecule has 0 amide bonds. The highest BCUT2D eigenvalue weighted by Crippen LogP contribution is 2.37. The second-order valence-corrected chi connectivity index (χ2v) is 5.30. The molecule has 5 atom stereocenters. The molecule has 1 aliphatic rings. The Kier molecular flexibility index (Phi) is 5.07. The van der Waals surface area contributed by atoms with Gasteiger partial charge in [0.15, 0.2) is 0 Å². The maximum Gasteiger partial charge on any atom is 0.0572 e. The van der Waals surface area contributed by atoms with Crippen molar-refractivity contribution in [2.24, 2.45) is 17.8 Å². The van der Waals surface area contributed by atoms with Crippen molar-refractivity contribution in [2.45, 2.75) is 65.1 Å². The van der Waals surface area contributed by atoms with Crippen LogP contribution in [0.1, 0.15) is 52.9 Å². The fourth-order valence-corrected chi connectivity index (χ4v) is 2.87. The smallest absolute Gasteiger partial charge is 0.0572 e. The summed E-state index contributed by atoms with van der Waals surface area (Å²) in [6.45, 7) is 6.12. The molecule has 90 valence electrons. The summed E-state index contributed by atoms with van der Waals surface area (Å²) in [6.07, 6.45) is 5.20. The van der Waals surface area contributed by atoms with Crippen LogP contribution in [0.4, 0.5) is 0 Å². The van der Waals surface area contributed by atoms with Crippen molar-refractivity contribution >= 4 is 0 Å². The third-order valence-corrected chi connectivity index (χ3v) is 4.10. The fraction of sp³-hybridized carbons (Fsp3) is 1.00. The van der Waals surface area contributed by atoms with E-state index in [9.17, 15) is 10.2 Å². The number of rotatable bonds is 4. The summed E-state index contributed by atoms with van der Waals surface area (Å²) in [6, 6.07) is 0. The summed E-state index contributed by atoms with van der Waals surface area (Å²) >= 11 is 0. The summed E-state index contributed by atoms with van der Waals surface area (Å²) in [5.41, 5.74) is 0. The first-order chi connectivity index (χ1) is 7.06. The second kappa shape index (κ2) is 5.86.